The number of carbonyl (C=O) groups is 1. The van der Waals surface area contributed by atoms with E-state index in [-0.39, 0.29) is 11.3 Å². The van der Waals surface area contributed by atoms with E-state index in [4.69, 9.17) is 0 Å². The number of para-hydroxylation sites is 1. The molecule has 0 spiro atoms. The van der Waals surface area contributed by atoms with E-state index in [0.29, 0.717) is 23.1 Å². The van der Waals surface area contributed by atoms with Crippen molar-refractivity contribution in [2.45, 2.75) is 52.0 Å². The molecule has 0 saturated heterocycles. The van der Waals surface area contributed by atoms with Crippen LogP contribution in [-0.2, 0) is 6.54 Å². The molecule has 0 fully saturated rings. The summed E-state index contributed by atoms with van der Waals surface area (Å²) in [4.78, 5) is 25.9. The zero-order chi connectivity index (χ0) is 21.5. The number of aromatic hydroxyl groups is 1. The first kappa shape index (κ1) is 21.6. The second-order valence-electron chi connectivity index (χ2n) is 7.43. The van der Waals surface area contributed by atoms with Crippen LogP contribution in [-0.4, -0.2) is 15.6 Å². The summed E-state index contributed by atoms with van der Waals surface area (Å²) < 4.78 is 14.7. The molecule has 30 heavy (non-hydrogen) atoms. The van der Waals surface area contributed by atoms with Crippen molar-refractivity contribution in [3.63, 3.8) is 0 Å². The average Bonchev–Trinajstić information content (AvgIpc) is 2.74. The van der Waals surface area contributed by atoms with Crippen molar-refractivity contribution in [3.05, 3.63) is 70.3 Å². The highest BCUT2D eigenvalue weighted by atomic mass is 19.1. The smallest absolute Gasteiger partial charge is 0.267 e. The van der Waals surface area contributed by atoms with E-state index < -0.39 is 17.3 Å². The van der Waals surface area contributed by atoms with E-state index in [2.05, 4.69) is 12.2 Å². The first-order valence-corrected chi connectivity index (χ1v) is 10.4. The summed E-state index contributed by atoms with van der Waals surface area (Å²) in [6.07, 6.45) is 6.48. The number of aromatic nitrogens is 1. The van der Waals surface area contributed by atoms with Gasteiger partial charge in [-0.3, -0.25) is 9.59 Å². The van der Waals surface area contributed by atoms with Crippen LogP contribution in [0.4, 0.5) is 10.1 Å². The second kappa shape index (κ2) is 10.1. The SMILES string of the molecule is CCCCCCCCn1c(=O)c(C(=O)Nc2ccc(F)cc2)c(O)c2ccccc21. The molecule has 2 N–H and O–H groups in total. The Balaban J connectivity index is 1.91. The van der Waals surface area contributed by atoms with Gasteiger partial charge in [0.15, 0.2) is 0 Å². The van der Waals surface area contributed by atoms with Gasteiger partial charge < -0.3 is 15.0 Å². The minimum Gasteiger partial charge on any atom is -0.506 e. The minimum atomic E-state index is -0.716. The molecule has 5 nitrogen and oxygen atoms in total. The van der Waals surface area contributed by atoms with E-state index in [0.717, 1.165) is 19.3 Å². The van der Waals surface area contributed by atoms with Gasteiger partial charge >= 0.3 is 0 Å². The van der Waals surface area contributed by atoms with Crippen molar-refractivity contribution >= 4 is 22.5 Å². The van der Waals surface area contributed by atoms with E-state index >= 15 is 0 Å². The number of fused-ring (bicyclic) bond motifs is 1. The van der Waals surface area contributed by atoms with Crippen LogP contribution in [0.15, 0.2) is 53.3 Å². The second-order valence-corrected chi connectivity index (χ2v) is 7.43. The molecule has 1 aromatic heterocycles. The molecule has 0 aliphatic rings. The summed E-state index contributed by atoms with van der Waals surface area (Å²) in [6.45, 7) is 2.64. The fourth-order valence-corrected chi connectivity index (χ4v) is 3.59. The van der Waals surface area contributed by atoms with Gasteiger partial charge in [-0.1, -0.05) is 51.2 Å². The number of rotatable bonds is 9. The van der Waals surface area contributed by atoms with Gasteiger partial charge in [0.2, 0.25) is 0 Å². The van der Waals surface area contributed by atoms with Crippen molar-refractivity contribution in [1.29, 1.82) is 0 Å². The lowest BCUT2D eigenvalue weighted by Crippen LogP contribution is -2.30. The van der Waals surface area contributed by atoms with Crippen molar-refractivity contribution in [2.24, 2.45) is 0 Å². The predicted molar refractivity (Wildman–Crippen MR) is 118 cm³/mol. The van der Waals surface area contributed by atoms with E-state index in [1.807, 2.05) is 0 Å². The largest absolute Gasteiger partial charge is 0.506 e. The van der Waals surface area contributed by atoms with Crippen molar-refractivity contribution < 1.29 is 14.3 Å². The number of hydrogen-bond donors (Lipinski definition) is 2. The maximum absolute atomic E-state index is 13.1. The molecule has 0 radical (unpaired) electrons. The number of unbranched alkanes of at least 4 members (excludes halogenated alkanes) is 5. The minimum absolute atomic E-state index is 0.302. The highest BCUT2D eigenvalue weighted by Crippen LogP contribution is 2.27. The molecule has 0 atom stereocenters. The van der Waals surface area contributed by atoms with Crippen LogP contribution in [0.25, 0.3) is 10.9 Å². The highest BCUT2D eigenvalue weighted by Gasteiger charge is 2.22. The molecule has 0 aliphatic carbocycles. The zero-order valence-corrected chi connectivity index (χ0v) is 17.2. The van der Waals surface area contributed by atoms with E-state index in [1.165, 1.54) is 43.5 Å². The average molecular weight is 410 g/mol. The monoisotopic (exact) mass is 410 g/mol. The van der Waals surface area contributed by atoms with E-state index in [9.17, 15) is 19.1 Å². The molecule has 0 unspecified atom stereocenters. The Morgan fingerprint density at radius 1 is 1.00 bits per heavy atom. The summed E-state index contributed by atoms with van der Waals surface area (Å²) in [7, 11) is 0. The molecule has 0 saturated carbocycles. The molecule has 1 heterocycles. The zero-order valence-electron chi connectivity index (χ0n) is 17.2. The van der Waals surface area contributed by atoms with E-state index in [1.54, 1.807) is 28.8 Å². The number of hydrogen-bond acceptors (Lipinski definition) is 3. The number of halogens is 1. The maximum atomic E-state index is 13.1. The number of carbonyl (C=O) groups excluding carboxylic acids is 1. The molecule has 2 aromatic carbocycles. The topological polar surface area (TPSA) is 71.3 Å². The van der Waals surface area contributed by atoms with Crippen LogP contribution in [0.3, 0.4) is 0 Å². The highest BCUT2D eigenvalue weighted by molar-refractivity contribution is 6.09. The quantitative estimate of drug-likeness (QED) is 0.460. The normalized spacial score (nSPS) is 11.0. The van der Waals surface area contributed by atoms with Gasteiger partial charge in [-0.2, -0.15) is 0 Å². The summed E-state index contributed by atoms with van der Waals surface area (Å²) in [5.74, 6) is -1.48. The number of aryl methyl sites for hydroxylation is 1. The van der Waals surface area contributed by atoms with Crippen LogP contribution < -0.4 is 10.9 Å². The third kappa shape index (κ3) is 4.87. The molecule has 1 amide bonds. The number of pyridine rings is 1. The summed E-state index contributed by atoms with van der Waals surface area (Å²) >= 11 is 0. The molecule has 0 bridgehead atoms. The van der Waals surface area contributed by atoms with Crippen LogP contribution in [0, 0.1) is 5.82 Å². The van der Waals surface area contributed by atoms with Gasteiger partial charge in [-0.25, -0.2) is 4.39 Å². The number of anilines is 1. The van der Waals surface area contributed by atoms with Crippen LogP contribution >= 0.6 is 0 Å². The Morgan fingerprint density at radius 3 is 2.40 bits per heavy atom. The maximum Gasteiger partial charge on any atom is 0.267 e. The molecule has 158 valence electrons. The van der Waals surface area contributed by atoms with Gasteiger partial charge in [-0.05, 0) is 42.8 Å². The third-order valence-electron chi connectivity index (χ3n) is 5.21. The summed E-state index contributed by atoms with van der Waals surface area (Å²) in [6, 6.07) is 12.3. The Labute approximate surface area is 175 Å². The van der Waals surface area contributed by atoms with Gasteiger partial charge in [0, 0.05) is 17.6 Å². The lowest BCUT2D eigenvalue weighted by molar-refractivity contribution is 0.102. The molecule has 0 aliphatic heterocycles. The van der Waals surface area contributed by atoms with Crippen molar-refractivity contribution in [2.75, 3.05) is 5.32 Å². The number of nitrogens with zero attached hydrogens (tertiary/aromatic N) is 1. The molecular weight excluding hydrogens is 383 g/mol. The van der Waals surface area contributed by atoms with Gasteiger partial charge in [0.1, 0.15) is 17.1 Å². The number of nitrogens with one attached hydrogen (secondary N) is 1. The lowest BCUT2D eigenvalue weighted by Gasteiger charge is -2.15. The molecule has 3 rings (SSSR count). The van der Waals surface area contributed by atoms with Crippen LogP contribution in [0.5, 0.6) is 5.75 Å². The molecule has 3 aromatic rings. The van der Waals surface area contributed by atoms with Crippen molar-refractivity contribution in [1.82, 2.24) is 4.57 Å². The van der Waals surface area contributed by atoms with Crippen molar-refractivity contribution in [3.8, 4) is 5.75 Å². The summed E-state index contributed by atoms with van der Waals surface area (Å²) in [5, 5.41) is 13.7. The Bertz CT molecular complexity index is 1070. The number of benzene rings is 2. The standard InChI is InChI=1S/C24H27FN2O3/c1-2-3-4-5-6-9-16-27-20-11-8-7-10-19(20)22(28)21(24(27)30)23(29)26-18-14-12-17(25)13-15-18/h7-8,10-15,28H,2-6,9,16H2,1H3,(H,26,29). The van der Waals surface area contributed by atoms with Gasteiger partial charge in [-0.15, -0.1) is 0 Å². The fourth-order valence-electron chi connectivity index (χ4n) is 3.59. The molecule has 6 heteroatoms. The third-order valence-corrected chi connectivity index (χ3v) is 5.21. The van der Waals surface area contributed by atoms with Gasteiger partial charge in [0.25, 0.3) is 11.5 Å². The number of amides is 1. The van der Waals surface area contributed by atoms with Crippen LogP contribution in [0.2, 0.25) is 0 Å². The lowest BCUT2D eigenvalue weighted by atomic mass is 10.1. The Hall–Kier alpha value is -3.15. The molecular formula is C24H27FN2O3. The summed E-state index contributed by atoms with van der Waals surface area (Å²) in [5.41, 5.74) is 0.117. The Kier molecular flexibility index (Phi) is 7.22. The predicted octanol–water partition coefficient (Wildman–Crippen LogP) is 5.46. The fraction of sp³-hybridized carbons (Fsp3) is 0.333. The first-order valence-electron chi connectivity index (χ1n) is 10.4. The van der Waals surface area contributed by atoms with Gasteiger partial charge in [0.05, 0.1) is 5.52 Å². The Morgan fingerprint density at radius 2 is 1.67 bits per heavy atom. The van der Waals surface area contributed by atoms with Crippen LogP contribution in [0.1, 0.15) is 55.8 Å². The first-order chi connectivity index (χ1) is 14.5.